The fourth-order valence-electron chi connectivity index (χ4n) is 2.83. The van der Waals surface area contributed by atoms with E-state index in [1.807, 2.05) is 37.3 Å². The van der Waals surface area contributed by atoms with Crippen LogP contribution in [0.3, 0.4) is 0 Å². The number of rotatable bonds is 3. The fraction of sp³-hybridized carbons (Fsp3) is 0.0455. The zero-order valence-corrected chi connectivity index (χ0v) is 15.0. The van der Waals surface area contributed by atoms with E-state index < -0.39 is 0 Å². The maximum Gasteiger partial charge on any atom is 0.258 e. The number of anilines is 1. The van der Waals surface area contributed by atoms with Crippen molar-refractivity contribution in [2.24, 2.45) is 0 Å². The molecule has 3 heterocycles. The van der Waals surface area contributed by atoms with Crippen LogP contribution in [0.25, 0.3) is 22.3 Å². The van der Waals surface area contributed by atoms with Gasteiger partial charge in [-0.05, 0) is 55.0 Å². The van der Waals surface area contributed by atoms with Crippen molar-refractivity contribution in [3.8, 4) is 17.3 Å². The third-order valence-electron chi connectivity index (χ3n) is 4.35. The monoisotopic (exact) mass is 365 g/mol. The average molecular weight is 365 g/mol. The van der Waals surface area contributed by atoms with Crippen LogP contribution in [0.15, 0.2) is 67.0 Å². The van der Waals surface area contributed by atoms with Gasteiger partial charge in [-0.1, -0.05) is 12.1 Å². The van der Waals surface area contributed by atoms with Gasteiger partial charge in [-0.25, -0.2) is 9.97 Å². The second kappa shape index (κ2) is 7.25. The van der Waals surface area contributed by atoms with E-state index in [-0.39, 0.29) is 5.91 Å². The summed E-state index contributed by atoms with van der Waals surface area (Å²) in [4.78, 5) is 25.6. The number of benzene rings is 1. The minimum Gasteiger partial charge on any atom is -0.306 e. The van der Waals surface area contributed by atoms with Crippen molar-refractivity contribution < 1.29 is 4.79 Å². The third kappa shape index (κ3) is 3.41. The summed E-state index contributed by atoms with van der Waals surface area (Å²) in [6.45, 7) is 1.89. The Kier molecular flexibility index (Phi) is 4.48. The van der Waals surface area contributed by atoms with Gasteiger partial charge in [0, 0.05) is 23.3 Å². The minimum absolute atomic E-state index is 0.287. The van der Waals surface area contributed by atoms with Gasteiger partial charge in [0.15, 0.2) is 5.65 Å². The number of carbonyl (C=O) groups is 1. The number of aryl methyl sites for hydroxylation is 1. The van der Waals surface area contributed by atoms with Gasteiger partial charge < -0.3 is 5.32 Å². The van der Waals surface area contributed by atoms with Crippen LogP contribution in [0.1, 0.15) is 21.5 Å². The standard InChI is InChI=1S/C22H15N5O/c1-14-11-17-3-2-10-24-21(17)26-20(14)27-22(28)18-8-9-19(25-13-18)16-6-4-15(12-23)5-7-16/h2-11,13H,1H3,(H,24,26,27,28). The van der Waals surface area contributed by atoms with Gasteiger partial charge in [-0.15, -0.1) is 0 Å². The van der Waals surface area contributed by atoms with Crippen LogP contribution < -0.4 is 5.32 Å². The number of carbonyl (C=O) groups excluding carboxylic acids is 1. The van der Waals surface area contributed by atoms with Gasteiger partial charge in [0.25, 0.3) is 5.91 Å². The lowest BCUT2D eigenvalue weighted by Crippen LogP contribution is -2.14. The van der Waals surface area contributed by atoms with E-state index in [4.69, 9.17) is 5.26 Å². The molecule has 0 atom stereocenters. The third-order valence-corrected chi connectivity index (χ3v) is 4.35. The second-order valence-corrected chi connectivity index (χ2v) is 6.28. The number of aromatic nitrogens is 3. The molecule has 0 saturated heterocycles. The molecule has 0 bridgehead atoms. The summed E-state index contributed by atoms with van der Waals surface area (Å²) in [7, 11) is 0. The molecule has 0 aliphatic rings. The lowest BCUT2D eigenvalue weighted by molar-refractivity contribution is 0.102. The predicted molar refractivity (Wildman–Crippen MR) is 107 cm³/mol. The Labute approximate surface area is 161 Å². The molecule has 4 rings (SSSR count). The molecule has 134 valence electrons. The molecule has 0 aliphatic carbocycles. The van der Waals surface area contributed by atoms with Crippen molar-refractivity contribution >= 4 is 22.8 Å². The van der Waals surface area contributed by atoms with Crippen LogP contribution in [0.2, 0.25) is 0 Å². The number of hydrogen-bond donors (Lipinski definition) is 1. The molecule has 4 aromatic rings. The normalized spacial score (nSPS) is 10.4. The first kappa shape index (κ1) is 17.3. The maximum absolute atomic E-state index is 12.6. The first-order valence-electron chi connectivity index (χ1n) is 8.64. The van der Waals surface area contributed by atoms with Crippen LogP contribution in [-0.2, 0) is 0 Å². The Morgan fingerprint density at radius 1 is 1.07 bits per heavy atom. The van der Waals surface area contributed by atoms with Crippen molar-refractivity contribution in [3.63, 3.8) is 0 Å². The SMILES string of the molecule is Cc1cc2cccnc2nc1NC(=O)c1ccc(-c2ccc(C#N)cc2)nc1. The molecule has 28 heavy (non-hydrogen) atoms. The molecule has 0 aliphatic heterocycles. The van der Waals surface area contributed by atoms with E-state index in [1.165, 1.54) is 6.20 Å². The number of hydrogen-bond acceptors (Lipinski definition) is 5. The van der Waals surface area contributed by atoms with Crippen molar-refractivity contribution in [1.82, 2.24) is 15.0 Å². The summed E-state index contributed by atoms with van der Waals surface area (Å²) in [5, 5.41) is 12.6. The summed E-state index contributed by atoms with van der Waals surface area (Å²) in [5.41, 5.74) is 4.07. The molecule has 6 heteroatoms. The number of nitriles is 1. The highest BCUT2D eigenvalue weighted by Crippen LogP contribution is 2.20. The molecule has 1 N–H and O–H groups in total. The van der Waals surface area contributed by atoms with E-state index in [0.29, 0.717) is 22.6 Å². The first-order valence-corrected chi connectivity index (χ1v) is 8.64. The lowest BCUT2D eigenvalue weighted by Gasteiger charge is -2.09. The average Bonchev–Trinajstić information content (AvgIpc) is 2.74. The van der Waals surface area contributed by atoms with Gasteiger partial charge in [-0.2, -0.15) is 5.26 Å². The van der Waals surface area contributed by atoms with Gasteiger partial charge in [0.05, 0.1) is 22.9 Å². The Morgan fingerprint density at radius 3 is 2.61 bits per heavy atom. The molecule has 1 amide bonds. The number of pyridine rings is 3. The van der Waals surface area contributed by atoms with Crippen LogP contribution in [0, 0.1) is 18.3 Å². The van der Waals surface area contributed by atoms with E-state index in [0.717, 1.165) is 22.2 Å². The summed E-state index contributed by atoms with van der Waals surface area (Å²) in [6.07, 6.45) is 3.19. The maximum atomic E-state index is 12.6. The summed E-state index contributed by atoms with van der Waals surface area (Å²) in [6, 6.07) is 18.4. The zero-order chi connectivity index (χ0) is 19.5. The highest BCUT2D eigenvalue weighted by Gasteiger charge is 2.11. The van der Waals surface area contributed by atoms with Crippen molar-refractivity contribution in [1.29, 1.82) is 5.26 Å². The molecule has 0 spiro atoms. The smallest absolute Gasteiger partial charge is 0.258 e. The molecule has 0 fully saturated rings. The van der Waals surface area contributed by atoms with Gasteiger partial charge in [-0.3, -0.25) is 9.78 Å². The van der Waals surface area contributed by atoms with Gasteiger partial charge in [0.1, 0.15) is 5.82 Å². The van der Waals surface area contributed by atoms with Crippen LogP contribution in [0.4, 0.5) is 5.82 Å². The number of amides is 1. The number of nitrogens with one attached hydrogen (secondary N) is 1. The fourth-order valence-corrected chi connectivity index (χ4v) is 2.83. The van der Waals surface area contributed by atoms with E-state index in [9.17, 15) is 4.79 Å². The van der Waals surface area contributed by atoms with E-state index in [1.54, 1.807) is 30.5 Å². The topological polar surface area (TPSA) is 91.6 Å². The van der Waals surface area contributed by atoms with Crippen LogP contribution in [-0.4, -0.2) is 20.9 Å². The van der Waals surface area contributed by atoms with Crippen LogP contribution in [0.5, 0.6) is 0 Å². The van der Waals surface area contributed by atoms with E-state index >= 15 is 0 Å². The Bertz CT molecular complexity index is 1210. The molecule has 0 unspecified atom stereocenters. The summed E-state index contributed by atoms with van der Waals surface area (Å²) < 4.78 is 0. The van der Waals surface area contributed by atoms with Crippen molar-refractivity contribution in [3.05, 3.63) is 83.7 Å². The Hall–Kier alpha value is -4.11. The van der Waals surface area contributed by atoms with Gasteiger partial charge >= 0.3 is 0 Å². The summed E-state index contributed by atoms with van der Waals surface area (Å²) in [5.74, 6) is 0.192. The first-order chi connectivity index (χ1) is 13.6. The Balaban J connectivity index is 1.55. The van der Waals surface area contributed by atoms with Crippen LogP contribution >= 0.6 is 0 Å². The highest BCUT2D eigenvalue weighted by molar-refractivity contribution is 6.04. The zero-order valence-electron chi connectivity index (χ0n) is 15.0. The van der Waals surface area contributed by atoms with Crippen molar-refractivity contribution in [2.75, 3.05) is 5.32 Å². The summed E-state index contributed by atoms with van der Waals surface area (Å²) >= 11 is 0. The molecule has 0 saturated carbocycles. The highest BCUT2D eigenvalue weighted by atomic mass is 16.1. The quantitative estimate of drug-likeness (QED) is 0.589. The predicted octanol–water partition coefficient (Wildman–Crippen LogP) is 4.12. The molecule has 6 nitrogen and oxygen atoms in total. The molecular weight excluding hydrogens is 350 g/mol. The molecular formula is C22H15N5O. The largest absolute Gasteiger partial charge is 0.306 e. The lowest BCUT2D eigenvalue weighted by atomic mass is 10.1. The van der Waals surface area contributed by atoms with Gasteiger partial charge in [0.2, 0.25) is 0 Å². The second-order valence-electron chi connectivity index (χ2n) is 6.28. The molecule has 0 radical (unpaired) electrons. The van der Waals surface area contributed by atoms with E-state index in [2.05, 4.69) is 26.3 Å². The minimum atomic E-state index is -0.287. The number of fused-ring (bicyclic) bond motifs is 1. The number of nitrogens with zero attached hydrogens (tertiary/aromatic N) is 4. The Morgan fingerprint density at radius 2 is 1.89 bits per heavy atom. The van der Waals surface area contributed by atoms with Crippen molar-refractivity contribution in [2.45, 2.75) is 6.92 Å². The molecule has 3 aromatic heterocycles. The molecule has 1 aromatic carbocycles.